The molecule has 0 heterocycles. The number of carbonyl (C=O) groups is 1. The normalized spacial score (nSPS) is 9.12. The van der Waals surface area contributed by atoms with Crippen LogP contribution < -0.4 is 4.90 Å². The van der Waals surface area contributed by atoms with Gasteiger partial charge in [-0.1, -0.05) is 23.6 Å². The molecule has 0 aliphatic heterocycles. The highest BCUT2D eigenvalue weighted by atomic mass is 35.5. The Hall–Kier alpha value is -2.17. The second kappa shape index (κ2) is 5.79. The summed E-state index contributed by atoms with van der Waals surface area (Å²) in [6, 6.07) is 6.77. The predicted octanol–water partition coefficient (Wildman–Crippen LogP) is 1.74. The molecule has 1 aromatic rings. The minimum Gasteiger partial charge on any atom is -0.480 e. The number of benzene rings is 1. The van der Waals surface area contributed by atoms with Crippen LogP contribution in [-0.4, -0.2) is 24.2 Å². The van der Waals surface area contributed by atoms with Crippen LogP contribution in [0.1, 0.15) is 5.56 Å². The maximum absolute atomic E-state index is 10.7. The number of aliphatic carboxylic acids is 1. The summed E-state index contributed by atoms with van der Waals surface area (Å²) in [7, 11) is 0. The van der Waals surface area contributed by atoms with Crippen molar-refractivity contribution in [2.24, 2.45) is 0 Å². The summed E-state index contributed by atoms with van der Waals surface area (Å²) in [4.78, 5) is 12.1. The first-order valence-electron chi connectivity index (χ1n) is 4.69. The van der Waals surface area contributed by atoms with E-state index in [2.05, 4.69) is 5.92 Å². The Balaban J connectivity index is 3.19. The standard InChI is InChI=1S/C12H9ClN2O2/c1-2-6-15(8-12(16)17)11-5-3-4-10(13)9(11)7-14/h1,3-5H,6,8H2,(H,16,17). The van der Waals surface area contributed by atoms with Crippen molar-refractivity contribution in [3.63, 3.8) is 0 Å². The molecule has 0 unspecified atom stereocenters. The Bertz CT molecular complexity index is 514. The number of nitriles is 1. The average Bonchev–Trinajstić information content (AvgIpc) is 2.27. The molecule has 5 heteroatoms. The molecule has 1 rings (SSSR count). The summed E-state index contributed by atoms with van der Waals surface area (Å²) in [6.07, 6.45) is 5.17. The van der Waals surface area contributed by atoms with Gasteiger partial charge in [-0.15, -0.1) is 6.42 Å². The SMILES string of the molecule is C#CCN(CC(=O)O)c1cccc(Cl)c1C#N. The Morgan fingerprint density at radius 3 is 2.82 bits per heavy atom. The van der Waals surface area contributed by atoms with Gasteiger partial charge in [0.2, 0.25) is 0 Å². The van der Waals surface area contributed by atoms with Gasteiger partial charge in [0, 0.05) is 0 Å². The highest BCUT2D eigenvalue weighted by molar-refractivity contribution is 6.32. The van der Waals surface area contributed by atoms with Crippen molar-refractivity contribution in [3.05, 3.63) is 28.8 Å². The molecule has 0 aromatic heterocycles. The van der Waals surface area contributed by atoms with Crippen molar-refractivity contribution in [2.75, 3.05) is 18.0 Å². The minimum atomic E-state index is -1.02. The molecule has 0 fully saturated rings. The van der Waals surface area contributed by atoms with Crippen molar-refractivity contribution >= 4 is 23.3 Å². The third-order valence-corrected chi connectivity index (χ3v) is 2.37. The van der Waals surface area contributed by atoms with E-state index in [0.717, 1.165) is 0 Å². The molecule has 86 valence electrons. The van der Waals surface area contributed by atoms with Gasteiger partial charge in [0.05, 0.1) is 22.8 Å². The molecule has 1 aromatic carbocycles. The van der Waals surface area contributed by atoms with Crippen molar-refractivity contribution in [1.29, 1.82) is 5.26 Å². The molecular weight excluding hydrogens is 240 g/mol. The van der Waals surface area contributed by atoms with E-state index < -0.39 is 5.97 Å². The number of nitrogens with zero attached hydrogens (tertiary/aromatic N) is 2. The van der Waals surface area contributed by atoms with Crippen LogP contribution >= 0.6 is 11.6 Å². The van der Waals surface area contributed by atoms with Gasteiger partial charge in [0.1, 0.15) is 12.6 Å². The fourth-order valence-corrected chi connectivity index (χ4v) is 1.60. The molecule has 0 saturated heterocycles. The Labute approximate surface area is 104 Å². The van der Waals surface area contributed by atoms with E-state index in [4.69, 9.17) is 28.4 Å². The molecule has 0 aliphatic rings. The first kappa shape index (κ1) is 12.9. The maximum Gasteiger partial charge on any atom is 0.323 e. The van der Waals surface area contributed by atoms with Crippen LogP contribution in [0.5, 0.6) is 0 Å². The highest BCUT2D eigenvalue weighted by Gasteiger charge is 2.15. The lowest BCUT2D eigenvalue weighted by atomic mass is 10.1. The molecule has 0 atom stereocenters. The topological polar surface area (TPSA) is 64.3 Å². The molecule has 0 amide bonds. The van der Waals surface area contributed by atoms with Crippen LogP contribution in [0, 0.1) is 23.7 Å². The Morgan fingerprint density at radius 1 is 1.59 bits per heavy atom. The summed E-state index contributed by atoms with van der Waals surface area (Å²) in [5.41, 5.74) is 0.658. The van der Waals surface area contributed by atoms with E-state index in [0.29, 0.717) is 5.69 Å². The van der Waals surface area contributed by atoms with E-state index in [-0.39, 0.29) is 23.7 Å². The number of rotatable bonds is 4. The zero-order valence-electron chi connectivity index (χ0n) is 8.85. The molecule has 0 radical (unpaired) electrons. The van der Waals surface area contributed by atoms with Crippen LogP contribution in [0.4, 0.5) is 5.69 Å². The first-order valence-corrected chi connectivity index (χ1v) is 5.06. The highest BCUT2D eigenvalue weighted by Crippen LogP contribution is 2.26. The average molecular weight is 249 g/mol. The summed E-state index contributed by atoms with van der Waals surface area (Å²) < 4.78 is 0. The van der Waals surface area contributed by atoms with Gasteiger partial charge in [-0.25, -0.2) is 0 Å². The summed E-state index contributed by atoms with van der Waals surface area (Å²) in [6.45, 7) is -0.180. The van der Waals surface area contributed by atoms with E-state index in [1.54, 1.807) is 18.2 Å². The third-order valence-electron chi connectivity index (χ3n) is 2.05. The molecule has 17 heavy (non-hydrogen) atoms. The number of halogens is 1. The van der Waals surface area contributed by atoms with Gasteiger partial charge in [-0.2, -0.15) is 5.26 Å². The number of hydrogen-bond donors (Lipinski definition) is 1. The quantitative estimate of drug-likeness (QED) is 0.825. The molecule has 0 spiro atoms. The van der Waals surface area contributed by atoms with Gasteiger partial charge < -0.3 is 10.0 Å². The maximum atomic E-state index is 10.7. The zero-order chi connectivity index (χ0) is 12.8. The third kappa shape index (κ3) is 3.14. The second-order valence-electron chi connectivity index (χ2n) is 3.20. The molecule has 0 aliphatic carbocycles. The molecule has 0 saturated carbocycles. The van der Waals surface area contributed by atoms with Gasteiger partial charge >= 0.3 is 5.97 Å². The van der Waals surface area contributed by atoms with Crippen molar-refractivity contribution in [3.8, 4) is 18.4 Å². The lowest BCUT2D eigenvalue weighted by Crippen LogP contribution is -2.30. The molecular formula is C12H9ClN2O2. The van der Waals surface area contributed by atoms with Crippen LogP contribution in [0.2, 0.25) is 5.02 Å². The lowest BCUT2D eigenvalue weighted by molar-refractivity contribution is -0.135. The smallest absolute Gasteiger partial charge is 0.323 e. The van der Waals surface area contributed by atoms with Crippen LogP contribution in [-0.2, 0) is 4.79 Å². The number of terminal acetylenes is 1. The lowest BCUT2D eigenvalue weighted by Gasteiger charge is -2.21. The molecule has 4 nitrogen and oxygen atoms in total. The van der Waals surface area contributed by atoms with E-state index in [1.165, 1.54) is 4.90 Å². The minimum absolute atomic E-state index is 0.0985. The van der Waals surface area contributed by atoms with Crippen molar-refractivity contribution < 1.29 is 9.90 Å². The van der Waals surface area contributed by atoms with Gasteiger partial charge in [-0.05, 0) is 12.1 Å². The first-order chi connectivity index (χ1) is 8.10. The number of carboxylic acid groups (broad SMARTS) is 1. The van der Waals surface area contributed by atoms with E-state index in [9.17, 15) is 4.79 Å². The molecule has 1 N–H and O–H groups in total. The Morgan fingerprint density at radius 2 is 2.29 bits per heavy atom. The largest absolute Gasteiger partial charge is 0.480 e. The number of carboxylic acids is 1. The van der Waals surface area contributed by atoms with Crippen LogP contribution in [0.3, 0.4) is 0 Å². The van der Waals surface area contributed by atoms with Crippen LogP contribution in [0.25, 0.3) is 0 Å². The van der Waals surface area contributed by atoms with Crippen molar-refractivity contribution in [1.82, 2.24) is 0 Å². The summed E-state index contributed by atoms with van der Waals surface area (Å²) in [5, 5.41) is 18.0. The second-order valence-corrected chi connectivity index (χ2v) is 3.61. The monoisotopic (exact) mass is 248 g/mol. The Kier molecular flexibility index (Phi) is 4.39. The van der Waals surface area contributed by atoms with Crippen LogP contribution in [0.15, 0.2) is 18.2 Å². The fraction of sp³-hybridized carbons (Fsp3) is 0.167. The van der Waals surface area contributed by atoms with E-state index in [1.807, 2.05) is 6.07 Å². The van der Waals surface area contributed by atoms with Gasteiger partial charge in [-0.3, -0.25) is 4.79 Å². The molecule has 0 bridgehead atoms. The van der Waals surface area contributed by atoms with Gasteiger partial charge in [0.15, 0.2) is 0 Å². The fourth-order valence-electron chi connectivity index (χ4n) is 1.39. The predicted molar refractivity (Wildman–Crippen MR) is 64.8 cm³/mol. The van der Waals surface area contributed by atoms with E-state index >= 15 is 0 Å². The van der Waals surface area contributed by atoms with Gasteiger partial charge in [0.25, 0.3) is 0 Å². The summed E-state index contributed by atoms with van der Waals surface area (Å²) in [5.74, 6) is 1.33. The summed E-state index contributed by atoms with van der Waals surface area (Å²) >= 11 is 5.86. The van der Waals surface area contributed by atoms with Crippen molar-refractivity contribution in [2.45, 2.75) is 0 Å². The number of hydrogen-bond acceptors (Lipinski definition) is 3. The number of anilines is 1. The zero-order valence-corrected chi connectivity index (χ0v) is 9.61.